The van der Waals surface area contributed by atoms with E-state index in [4.69, 9.17) is 42.5 Å². The molecule has 1 unspecified atom stereocenters. The number of carboxylic acids is 1. The molecule has 0 bridgehead atoms. The van der Waals surface area contributed by atoms with Crippen LogP contribution in [0.2, 0.25) is 5.02 Å². The van der Waals surface area contributed by atoms with Crippen molar-refractivity contribution in [2.24, 2.45) is 0 Å². The number of aromatic hydroxyl groups is 1. The van der Waals surface area contributed by atoms with Crippen LogP contribution in [0, 0.1) is 0 Å². The summed E-state index contributed by atoms with van der Waals surface area (Å²) in [5.41, 5.74) is -1.53. The Labute approximate surface area is 231 Å². The highest BCUT2D eigenvalue weighted by atomic mass is 35.5. The van der Waals surface area contributed by atoms with Crippen molar-refractivity contribution in [3.8, 4) is 11.5 Å². The number of phenolic OH excluding ortho intramolecular Hbond substituents is 1. The summed E-state index contributed by atoms with van der Waals surface area (Å²) in [4.78, 5) is 25.1. The molecule has 2 heterocycles. The Balaban J connectivity index is 1.57. The van der Waals surface area contributed by atoms with Gasteiger partial charge in [-0.3, -0.25) is 9.59 Å². The topological polar surface area (TPSA) is 214 Å². The van der Waals surface area contributed by atoms with Gasteiger partial charge < -0.3 is 44.8 Å². The number of phenols is 1. The van der Waals surface area contributed by atoms with Gasteiger partial charge in [-0.15, -0.1) is 11.6 Å². The van der Waals surface area contributed by atoms with E-state index in [9.17, 15) is 35.1 Å². The fraction of sp³-hybridized carbons (Fsp3) is 0.565. The van der Waals surface area contributed by atoms with Gasteiger partial charge in [0, 0.05) is 12.0 Å². The number of carbonyl (C=O) groups excluding carboxylic acids is 1. The summed E-state index contributed by atoms with van der Waals surface area (Å²) in [6.45, 7) is -0.717. The van der Waals surface area contributed by atoms with Crippen molar-refractivity contribution in [3.63, 3.8) is 0 Å². The first kappa shape index (κ1) is 29.3. The van der Waals surface area contributed by atoms with Crippen LogP contribution >= 0.6 is 23.2 Å². The van der Waals surface area contributed by atoms with E-state index in [1.165, 1.54) is 29.5 Å². The normalized spacial score (nSPS) is 27.4. The van der Waals surface area contributed by atoms with Gasteiger partial charge in [0.2, 0.25) is 6.29 Å². The zero-order valence-corrected chi connectivity index (χ0v) is 21.8. The van der Waals surface area contributed by atoms with Crippen molar-refractivity contribution in [2.75, 3.05) is 6.61 Å². The zero-order valence-electron chi connectivity index (χ0n) is 20.3. The molecule has 6 N–H and O–H groups in total. The average Bonchev–Trinajstić information content (AvgIpc) is 3.44. The number of hydrogen-bond acceptors (Lipinski definition) is 12. The van der Waals surface area contributed by atoms with Gasteiger partial charge in [-0.2, -0.15) is 5.10 Å². The molecule has 16 heteroatoms. The molecule has 1 aliphatic carbocycles. The molecule has 0 spiro atoms. The van der Waals surface area contributed by atoms with Crippen LogP contribution in [0.15, 0.2) is 24.8 Å². The number of benzene rings is 1. The Kier molecular flexibility index (Phi) is 8.56. The van der Waals surface area contributed by atoms with Gasteiger partial charge in [-0.25, -0.2) is 9.67 Å². The number of aliphatic carboxylic acids is 1. The van der Waals surface area contributed by atoms with Gasteiger partial charge in [-0.05, 0) is 25.0 Å². The summed E-state index contributed by atoms with van der Waals surface area (Å²) in [6, 6.07) is 2.51. The molecular weight excluding hydrogens is 565 g/mol. The van der Waals surface area contributed by atoms with Crippen LogP contribution in [0.3, 0.4) is 0 Å². The fourth-order valence-electron chi connectivity index (χ4n) is 4.30. The van der Waals surface area contributed by atoms with Gasteiger partial charge in [0.15, 0.2) is 0 Å². The molecule has 1 saturated carbocycles. The highest BCUT2D eigenvalue weighted by molar-refractivity contribution is 6.33. The largest absolute Gasteiger partial charge is 0.506 e. The lowest BCUT2D eigenvalue weighted by molar-refractivity contribution is -0.278. The third-order valence-corrected chi connectivity index (χ3v) is 7.83. The minimum atomic E-state index is -1.80. The van der Waals surface area contributed by atoms with Crippen molar-refractivity contribution in [1.82, 2.24) is 14.8 Å². The van der Waals surface area contributed by atoms with Gasteiger partial charge in [-0.1, -0.05) is 11.6 Å². The summed E-state index contributed by atoms with van der Waals surface area (Å²) in [5.74, 6) is -2.91. The van der Waals surface area contributed by atoms with Gasteiger partial charge >= 0.3 is 11.9 Å². The number of nitrogens with zero attached hydrogens (tertiary/aromatic N) is 3. The Hall–Kier alpha value is -2.72. The maximum absolute atomic E-state index is 11.7. The van der Waals surface area contributed by atoms with E-state index in [-0.39, 0.29) is 35.1 Å². The smallest absolute Gasteiger partial charge is 0.317 e. The Morgan fingerprint density at radius 2 is 1.92 bits per heavy atom. The Morgan fingerprint density at radius 3 is 2.54 bits per heavy atom. The SMILES string of the molecule is O=C(O)CC(=O)OC[C@H]1O[C@H](Oc2ccc(O)c(Cl)c2CC(O)(Cn2cncn2)C2(Cl)CC2)[C@H](O)[C@@H](O)[C@@H]1O. The molecule has 2 fully saturated rings. The molecule has 2 aliphatic rings. The van der Waals surface area contributed by atoms with Gasteiger partial charge in [0.1, 0.15) is 67.2 Å². The first-order valence-corrected chi connectivity index (χ1v) is 12.6. The molecule has 214 valence electrons. The van der Waals surface area contributed by atoms with E-state index >= 15 is 0 Å². The Bertz CT molecular complexity index is 1200. The molecule has 0 radical (unpaired) electrons. The standard InChI is InChI=1S/C23H27Cl2N3O11/c24-17-11(6-23(36,22(25)3-4-22)8-28-10-26-9-27-28)13(2-1-12(17)29)38-21-20(35)19(34)18(33)14(39-21)7-37-16(32)5-15(30)31/h1-2,9-10,14,18-21,29,33-36H,3-8H2,(H,30,31)/t14-,18-,19+,20-,21+,23?/m1/s1. The predicted octanol–water partition coefficient (Wildman–Crippen LogP) is -0.413. The van der Waals surface area contributed by atoms with E-state index in [2.05, 4.69) is 10.1 Å². The zero-order chi connectivity index (χ0) is 28.5. The van der Waals surface area contributed by atoms with Crippen LogP contribution in [-0.2, 0) is 32.0 Å². The molecule has 2 aromatic rings. The maximum Gasteiger partial charge on any atom is 0.317 e. The molecule has 6 atom stereocenters. The molecule has 1 aromatic heterocycles. The lowest BCUT2D eigenvalue weighted by Crippen LogP contribution is -2.60. The number of carboxylic acid groups (broad SMARTS) is 1. The number of aromatic nitrogens is 3. The van der Waals surface area contributed by atoms with Crippen LogP contribution in [-0.4, -0.2) is 105 Å². The summed E-state index contributed by atoms with van der Waals surface area (Å²) < 4.78 is 17.5. The quantitative estimate of drug-likeness (QED) is 0.111. The van der Waals surface area contributed by atoms with Crippen LogP contribution in [0.5, 0.6) is 11.5 Å². The van der Waals surface area contributed by atoms with Crippen molar-refractivity contribution in [1.29, 1.82) is 0 Å². The lowest BCUT2D eigenvalue weighted by Gasteiger charge is -2.40. The highest BCUT2D eigenvalue weighted by Gasteiger charge is 2.58. The average molecular weight is 592 g/mol. The number of hydrogen-bond donors (Lipinski definition) is 6. The number of aliphatic hydroxyl groups is 4. The van der Waals surface area contributed by atoms with Crippen LogP contribution < -0.4 is 4.74 Å². The molecule has 39 heavy (non-hydrogen) atoms. The van der Waals surface area contributed by atoms with Crippen LogP contribution in [0.25, 0.3) is 0 Å². The molecule has 1 saturated heterocycles. The number of rotatable bonds is 11. The highest BCUT2D eigenvalue weighted by Crippen LogP contribution is 2.54. The third-order valence-electron chi connectivity index (χ3n) is 6.68. The third kappa shape index (κ3) is 6.38. The van der Waals surface area contributed by atoms with E-state index in [1.54, 1.807) is 0 Å². The molecule has 1 aromatic carbocycles. The predicted molar refractivity (Wildman–Crippen MR) is 130 cm³/mol. The molecular formula is C23H27Cl2N3O11. The van der Waals surface area contributed by atoms with E-state index in [0.717, 1.165) is 0 Å². The second-order valence-corrected chi connectivity index (χ2v) is 10.6. The molecule has 4 rings (SSSR count). The van der Waals surface area contributed by atoms with Crippen LogP contribution in [0.4, 0.5) is 0 Å². The maximum atomic E-state index is 11.7. The minimum Gasteiger partial charge on any atom is -0.506 e. The molecule has 0 amide bonds. The number of aliphatic hydroxyl groups excluding tert-OH is 3. The van der Waals surface area contributed by atoms with Crippen molar-refractivity contribution in [2.45, 2.75) is 73.4 Å². The summed E-state index contributed by atoms with van der Waals surface area (Å²) in [5, 5.41) is 65.7. The lowest BCUT2D eigenvalue weighted by atomic mass is 9.88. The molecule has 14 nitrogen and oxygen atoms in total. The minimum absolute atomic E-state index is 0.0509. The van der Waals surface area contributed by atoms with E-state index < -0.39 is 66.1 Å². The van der Waals surface area contributed by atoms with E-state index in [0.29, 0.717) is 12.8 Å². The second-order valence-electron chi connectivity index (χ2n) is 9.53. The first-order valence-electron chi connectivity index (χ1n) is 11.8. The fourth-order valence-corrected chi connectivity index (χ4v) is 4.74. The first-order chi connectivity index (χ1) is 18.3. The Morgan fingerprint density at radius 1 is 1.21 bits per heavy atom. The summed E-state index contributed by atoms with van der Waals surface area (Å²) >= 11 is 13.1. The van der Waals surface area contributed by atoms with Gasteiger partial charge in [0.05, 0.1) is 16.4 Å². The van der Waals surface area contributed by atoms with Crippen molar-refractivity contribution < 1.29 is 54.4 Å². The molecule has 1 aliphatic heterocycles. The van der Waals surface area contributed by atoms with E-state index in [1.807, 2.05) is 0 Å². The van der Waals surface area contributed by atoms with Gasteiger partial charge in [0.25, 0.3) is 0 Å². The van der Waals surface area contributed by atoms with Crippen LogP contribution in [0.1, 0.15) is 24.8 Å². The number of halogens is 2. The summed E-state index contributed by atoms with van der Waals surface area (Å²) in [7, 11) is 0. The number of esters is 1. The number of carbonyl (C=O) groups is 2. The second kappa shape index (κ2) is 11.4. The van der Waals surface area contributed by atoms with Crippen molar-refractivity contribution >= 4 is 35.1 Å². The monoisotopic (exact) mass is 591 g/mol. The number of ether oxygens (including phenoxy) is 3. The van der Waals surface area contributed by atoms with Crippen molar-refractivity contribution in [3.05, 3.63) is 35.4 Å². The number of alkyl halides is 1. The summed E-state index contributed by atoms with van der Waals surface area (Å²) in [6.07, 6.45) is -5.83.